The largest absolute Gasteiger partial charge is 0.476 e. The van der Waals surface area contributed by atoms with Crippen molar-refractivity contribution in [2.24, 2.45) is 0 Å². The van der Waals surface area contributed by atoms with Crippen molar-refractivity contribution in [3.05, 3.63) is 39.7 Å². The third kappa shape index (κ3) is 2.00. The number of carbonyl (C=O) groups is 1. The molecule has 15 heavy (non-hydrogen) atoms. The average Bonchev–Trinajstić information content (AvgIpc) is 2.67. The Hall–Kier alpha value is -1.39. The molecular formula is C10H6ClNO2S. The number of carboxylic acid groups (broad SMARTS) is 1. The first-order chi connectivity index (χ1) is 7.18. The fraction of sp³-hybridized carbons (Fsp3) is 0. The number of thiazole rings is 1. The minimum Gasteiger partial charge on any atom is -0.476 e. The highest BCUT2D eigenvalue weighted by Crippen LogP contribution is 2.28. The number of rotatable bonds is 2. The fourth-order valence-electron chi connectivity index (χ4n) is 1.16. The Kier molecular flexibility index (Phi) is 2.70. The minimum absolute atomic E-state index is 0.0740. The van der Waals surface area contributed by atoms with Crippen LogP contribution < -0.4 is 0 Å². The van der Waals surface area contributed by atoms with Crippen molar-refractivity contribution in [3.8, 4) is 11.3 Å². The summed E-state index contributed by atoms with van der Waals surface area (Å²) >= 11 is 7.06. The van der Waals surface area contributed by atoms with Crippen LogP contribution in [0.5, 0.6) is 0 Å². The molecule has 0 radical (unpaired) electrons. The number of benzene rings is 1. The number of aromatic carboxylic acids is 1. The van der Waals surface area contributed by atoms with Gasteiger partial charge in [-0.25, -0.2) is 9.78 Å². The Labute approximate surface area is 95.0 Å². The first-order valence-corrected chi connectivity index (χ1v) is 5.38. The van der Waals surface area contributed by atoms with Gasteiger partial charge in [-0.2, -0.15) is 0 Å². The van der Waals surface area contributed by atoms with E-state index >= 15 is 0 Å². The second-order valence-electron chi connectivity index (χ2n) is 2.82. The molecule has 0 bridgehead atoms. The molecule has 0 fully saturated rings. The molecule has 0 unspecified atom stereocenters. The molecule has 3 nitrogen and oxygen atoms in total. The van der Waals surface area contributed by atoms with Crippen LogP contribution in [-0.2, 0) is 0 Å². The number of aromatic nitrogens is 1. The molecular weight excluding hydrogens is 234 g/mol. The van der Waals surface area contributed by atoms with Crippen LogP contribution in [0, 0.1) is 0 Å². The van der Waals surface area contributed by atoms with E-state index in [9.17, 15) is 4.79 Å². The summed E-state index contributed by atoms with van der Waals surface area (Å²) in [6, 6.07) is 7.21. The van der Waals surface area contributed by atoms with E-state index in [0.717, 1.165) is 16.9 Å². The Morgan fingerprint density at radius 1 is 1.40 bits per heavy atom. The molecule has 0 aliphatic heterocycles. The normalized spacial score (nSPS) is 10.2. The summed E-state index contributed by atoms with van der Waals surface area (Å²) in [5.74, 6) is -1.02. The van der Waals surface area contributed by atoms with E-state index in [1.807, 2.05) is 18.2 Å². The van der Waals surface area contributed by atoms with Gasteiger partial charge in [0.05, 0.1) is 5.69 Å². The molecule has 0 aliphatic rings. The molecule has 2 rings (SSSR count). The molecule has 0 amide bonds. The van der Waals surface area contributed by atoms with E-state index in [-0.39, 0.29) is 5.01 Å². The molecule has 5 heteroatoms. The molecule has 0 saturated carbocycles. The highest BCUT2D eigenvalue weighted by molar-refractivity contribution is 7.11. The van der Waals surface area contributed by atoms with Crippen LogP contribution in [0.3, 0.4) is 0 Å². The number of halogens is 1. The van der Waals surface area contributed by atoms with Crippen LogP contribution in [0.1, 0.15) is 9.80 Å². The van der Waals surface area contributed by atoms with E-state index in [1.165, 1.54) is 0 Å². The predicted molar refractivity (Wildman–Crippen MR) is 59.5 cm³/mol. The van der Waals surface area contributed by atoms with Gasteiger partial charge < -0.3 is 5.11 Å². The standard InChI is InChI=1S/C10H6ClNO2S/c11-7-4-2-1-3-6(7)8-5-15-9(12-8)10(13)14/h1-5H,(H,13,14). The summed E-state index contributed by atoms with van der Waals surface area (Å²) in [6.07, 6.45) is 0. The maximum Gasteiger partial charge on any atom is 0.365 e. The second kappa shape index (κ2) is 4.00. The molecule has 0 atom stereocenters. The van der Waals surface area contributed by atoms with Gasteiger partial charge in [0.25, 0.3) is 0 Å². The second-order valence-corrected chi connectivity index (χ2v) is 4.09. The van der Waals surface area contributed by atoms with Crippen LogP contribution in [-0.4, -0.2) is 16.1 Å². The molecule has 1 aromatic heterocycles. The summed E-state index contributed by atoms with van der Waals surface area (Å²) in [5, 5.41) is 11.1. The maximum atomic E-state index is 10.6. The van der Waals surface area contributed by atoms with Gasteiger partial charge in [-0.3, -0.25) is 0 Å². The Balaban J connectivity index is 2.46. The van der Waals surface area contributed by atoms with Gasteiger partial charge in [-0.1, -0.05) is 29.8 Å². The SMILES string of the molecule is O=C(O)c1nc(-c2ccccc2Cl)cs1. The molecule has 0 aliphatic carbocycles. The van der Waals surface area contributed by atoms with Gasteiger partial charge in [0, 0.05) is 16.0 Å². The third-order valence-corrected chi connectivity index (χ3v) is 3.00. The highest BCUT2D eigenvalue weighted by atomic mass is 35.5. The molecule has 1 heterocycles. The predicted octanol–water partition coefficient (Wildman–Crippen LogP) is 3.16. The molecule has 76 valence electrons. The average molecular weight is 240 g/mol. The fourth-order valence-corrected chi connectivity index (χ4v) is 2.05. The van der Waals surface area contributed by atoms with Crippen LogP contribution in [0.2, 0.25) is 5.02 Å². The number of hydrogen-bond acceptors (Lipinski definition) is 3. The number of hydrogen-bond donors (Lipinski definition) is 1. The van der Waals surface area contributed by atoms with Crippen LogP contribution in [0.15, 0.2) is 29.6 Å². The molecule has 0 saturated heterocycles. The summed E-state index contributed by atoms with van der Waals surface area (Å²) in [5.41, 5.74) is 1.35. The molecule has 0 spiro atoms. The van der Waals surface area contributed by atoms with E-state index in [4.69, 9.17) is 16.7 Å². The van der Waals surface area contributed by atoms with Gasteiger partial charge in [0.2, 0.25) is 5.01 Å². The Morgan fingerprint density at radius 2 is 2.13 bits per heavy atom. The first-order valence-electron chi connectivity index (χ1n) is 4.12. The van der Waals surface area contributed by atoms with E-state index < -0.39 is 5.97 Å². The van der Waals surface area contributed by atoms with E-state index in [2.05, 4.69) is 4.98 Å². The van der Waals surface area contributed by atoms with Gasteiger partial charge in [0.1, 0.15) is 0 Å². The zero-order valence-corrected chi connectivity index (χ0v) is 9.05. The topological polar surface area (TPSA) is 50.2 Å². The van der Waals surface area contributed by atoms with Gasteiger partial charge in [-0.15, -0.1) is 11.3 Å². The van der Waals surface area contributed by atoms with Crippen molar-refractivity contribution in [2.75, 3.05) is 0 Å². The summed E-state index contributed by atoms with van der Waals surface area (Å²) < 4.78 is 0. The lowest BCUT2D eigenvalue weighted by atomic mass is 10.2. The van der Waals surface area contributed by atoms with Crippen molar-refractivity contribution < 1.29 is 9.90 Å². The van der Waals surface area contributed by atoms with Crippen LogP contribution in [0.25, 0.3) is 11.3 Å². The lowest BCUT2D eigenvalue weighted by Crippen LogP contribution is -1.94. The molecule has 2 aromatic rings. The summed E-state index contributed by atoms with van der Waals surface area (Å²) in [7, 11) is 0. The van der Waals surface area contributed by atoms with Crippen molar-refractivity contribution in [1.29, 1.82) is 0 Å². The lowest BCUT2D eigenvalue weighted by Gasteiger charge is -1.98. The molecule has 1 N–H and O–H groups in total. The Bertz CT molecular complexity index is 510. The smallest absolute Gasteiger partial charge is 0.365 e. The summed E-state index contributed by atoms with van der Waals surface area (Å²) in [6.45, 7) is 0. The number of carboxylic acids is 1. The molecule has 1 aromatic carbocycles. The lowest BCUT2D eigenvalue weighted by molar-refractivity contribution is 0.0696. The Morgan fingerprint density at radius 3 is 2.73 bits per heavy atom. The third-order valence-electron chi connectivity index (χ3n) is 1.84. The minimum atomic E-state index is -1.02. The zero-order valence-electron chi connectivity index (χ0n) is 7.48. The van der Waals surface area contributed by atoms with Crippen molar-refractivity contribution in [3.63, 3.8) is 0 Å². The van der Waals surface area contributed by atoms with Gasteiger partial charge >= 0.3 is 5.97 Å². The van der Waals surface area contributed by atoms with Crippen molar-refractivity contribution in [1.82, 2.24) is 4.98 Å². The van der Waals surface area contributed by atoms with Crippen LogP contribution in [0.4, 0.5) is 0 Å². The van der Waals surface area contributed by atoms with Gasteiger partial charge in [0.15, 0.2) is 0 Å². The van der Waals surface area contributed by atoms with Crippen molar-refractivity contribution >= 4 is 28.9 Å². The monoisotopic (exact) mass is 239 g/mol. The van der Waals surface area contributed by atoms with E-state index in [0.29, 0.717) is 10.7 Å². The highest BCUT2D eigenvalue weighted by Gasteiger charge is 2.11. The number of nitrogens with zero attached hydrogens (tertiary/aromatic N) is 1. The maximum absolute atomic E-state index is 10.6. The quantitative estimate of drug-likeness (QED) is 0.876. The zero-order chi connectivity index (χ0) is 10.8. The van der Waals surface area contributed by atoms with E-state index in [1.54, 1.807) is 11.4 Å². The van der Waals surface area contributed by atoms with Gasteiger partial charge in [-0.05, 0) is 6.07 Å². The van der Waals surface area contributed by atoms with Crippen molar-refractivity contribution in [2.45, 2.75) is 0 Å². The summed E-state index contributed by atoms with van der Waals surface area (Å²) in [4.78, 5) is 14.6. The van der Waals surface area contributed by atoms with Crippen LogP contribution >= 0.6 is 22.9 Å². The first kappa shape index (κ1) is 10.1.